The minimum Gasteiger partial charge on any atom is -0.328 e. The maximum absolute atomic E-state index is 4.66. The fourth-order valence-electron chi connectivity index (χ4n) is 2.70. The molecule has 2 heterocycles. The zero-order chi connectivity index (χ0) is 15.1. The van der Waals surface area contributed by atoms with Gasteiger partial charge < -0.3 is 4.90 Å². The van der Waals surface area contributed by atoms with Gasteiger partial charge in [0, 0.05) is 12.7 Å². The van der Waals surface area contributed by atoms with Crippen molar-refractivity contribution in [1.29, 1.82) is 0 Å². The van der Waals surface area contributed by atoms with Gasteiger partial charge in [0.05, 0.1) is 10.2 Å². The average Bonchev–Trinajstić information content (AvgIpc) is 3.01. The SMILES string of the molecule is Cc1nc(N(C)c2ccc3ccccc3c2)c2sccc2n1. The van der Waals surface area contributed by atoms with Gasteiger partial charge in [0.15, 0.2) is 5.82 Å². The summed E-state index contributed by atoms with van der Waals surface area (Å²) in [4.78, 5) is 11.3. The third-order valence-corrected chi connectivity index (χ3v) is 4.74. The Kier molecular flexibility index (Phi) is 3.05. The fraction of sp³-hybridized carbons (Fsp3) is 0.111. The molecule has 108 valence electrons. The second-order valence-corrected chi connectivity index (χ2v) is 6.24. The van der Waals surface area contributed by atoms with E-state index in [2.05, 4.69) is 69.8 Å². The molecule has 0 amide bonds. The summed E-state index contributed by atoms with van der Waals surface area (Å²) in [6, 6.07) is 16.9. The van der Waals surface area contributed by atoms with Crippen molar-refractivity contribution < 1.29 is 0 Å². The molecule has 0 N–H and O–H groups in total. The van der Waals surface area contributed by atoms with Gasteiger partial charge in [0.25, 0.3) is 0 Å². The molecular formula is C18H15N3S. The maximum Gasteiger partial charge on any atom is 0.154 e. The van der Waals surface area contributed by atoms with E-state index in [4.69, 9.17) is 0 Å². The zero-order valence-electron chi connectivity index (χ0n) is 12.4. The predicted molar refractivity (Wildman–Crippen MR) is 94.2 cm³/mol. The molecule has 2 aromatic heterocycles. The van der Waals surface area contributed by atoms with Crippen molar-refractivity contribution in [3.05, 3.63) is 59.7 Å². The first kappa shape index (κ1) is 13.2. The van der Waals surface area contributed by atoms with E-state index in [0.717, 1.165) is 27.5 Å². The maximum atomic E-state index is 4.66. The van der Waals surface area contributed by atoms with Crippen LogP contribution in [-0.2, 0) is 0 Å². The molecule has 4 aromatic rings. The van der Waals surface area contributed by atoms with Gasteiger partial charge in [0.1, 0.15) is 5.82 Å². The van der Waals surface area contributed by atoms with E-state index >= 15 is 0 Å². The van der Waals surface area contributed by atoms with Crippen LogP contribution >= 0.6 is 11.3 Å². The van der Waals surface area contributed by atoms with Crippen molar-refractivity contribution in [2.24, 2.45) is 0 Å². The molecular weight excluding hydrogens is 290 g/mol. The zero-order valence-corrected chi connectivity index (χ0v) is 13.3. The van der Waals surface area contributed by atoms with Crippen LogP contribution in [0.15, 0.2) is 53.9 Å². The average molecular weight is 305 g/mol. The molecule has 0 radical (unpaired) electrons. The number of fused-ring (bicyclic) bond motifs is 2. The van der Waals surface area contributed by atoms with Crippen LogP contribution in [0.5, 0.6) is 0 Å². The molecule has 0 aliphatic carbocycles. The van der Waals surface area contributed by atoms with Crippen molar-refractivity contribution in [3.8, 4) is 0 Å². The molecule has 3 nitrogen and oxygen atoms in total. The van der Waals surface area contributed by atoms with Crippen LogP contribution in [0.4, 0.5) is 11.5 Å². The van der Waals surface area contributed by atoms with Crippen LogP contribution in [0.25, 0.3) is 21.0 Å². The summed E-state index contributed by atoms with van der Waals surface area (Å²) >= 11 is 1.68. The van der Waals surface area contributed by atoms with Crippen molar-refractivity contribution >= 4 is 43.8 Å². The Labute approximate surface area is 132 Å². The first-order chi connectivity index (χ1) is 10.7. The second-order valence-electron chi connectivity index (χ2n) is 5.32. The van der Waals surface area contributed by atoms with Crippen LogP contribution in [0.1, 0.15) is 5.82 Å². The molecule has 0 spiro atoms. The number of thiophene rings is 1. The number of nitrogens with zero attached hydrogens (tertiary/aromatic N) is 3. The molecule has 4 rings (SSSR count). The highest BCUT2D eigenvalue weighted by Gasteiger charge is 2.13. The number of benzene rings is 2. The number of hydrogen-bond acceptors (Lipinski definition) is 4. The van der Waals surface area contributed by atoms with Crippen molar-refractivity contribution in [2.45, 2.75) is 6.92 Å². The Morgan fingerprint density at radius 1 is 0.955 bits per heavy atom. The minimum atomic E-state index is 0.800. The van der Waals surface area contributed by atoms with Crippen LogP contribution in [-0.4, -0.2) is 17.0 Å². The number of anilines is 2. The van der Waals surface area contributed by atoms with E-state index in [9.17, 15) is 0 Å². The Hall–Kier alpha value is -2.46. The Bertz CT molecular complexity index is 974. The van der Waals surface area contributed by atoms with Gasteiger partial charge in [-0.05, 0) is 41.3 Å². The normalized spacial score (nSPS) is 11.2. The third kappa shape index (κ3) is 2.12. The predicted octanol–water partition coefficient (Wildman–Crippen LogP) is 4.92. The van der Waals surface area contributed by atoms with Gasteiger partial charge in [0.2, 0.25) is 0 Å². The lowest BCUT2D eigenvalue weighted by Gasteiger charge is -2.20. The first-order valence-electron chi connectivity index (χ1n) is 7.17. The molecule has 0 aliphatic rings. The number of aryl methyl sites for hydroxylation is 1. The van der Waals surface area contributed by atoms with Crippen molar-refractivity contribution in [3.63, 3.8) is 0 Å². The van der Waals surface area contributed by atoms with E-state index in [1.807, 2.05) is 13.0 Å². The highest BCUT2D eigenvalue weighted by Crippen LogP contribution is 2.33. The molecule has 0 fully saturated rings. The summed E-state index contributed by atoms with van der Waals surface area (Å²) in [6.07, 6.45) is 0. The van der Waals surface area contributed by atoms with Crippen molar-refractivity contribution in [1.82, 2.24) is 9.97 Å². The molecule has 4 heteroatoms. The van der Waals surface area contributed by atoms with E-state index in [1.165, 1.54) is 10.8 Å². The number of hydrogen-bond donors (Lipinski definition) is 0. The summed E-state index contributed by atoms with van der Waals surface area (Å²) in [7, 11) is 2.06. The third-order valence-electron chi connectivity index (χ3n) is 3.84. The highest BCUT2D eigenvalue weighted by molar-refractivity contribution is 7.17. The topological polar surface area (TPSA) is 29.0 Å². The van der Waals surface area contributed by atoms with E-state index < -0.39 is 0 Å². The van der Waals surface area contributed by atoms with E-state index in [0.29, 0.717) is 0 Å². The standard InChI is InChI=1S/C18H15N3S/c1-12-19-16-9-10-22-17(16)18(20-12)21(2)15-8-7-13-5-3-4-6-14(13)11-15/h3-11H,1-2H3. The van der Waals surface area contributed by atoms with E-state index in [-0.39, 0.29) is 0 Å². The molecule has 0 saturated heterocycles. The number of aromatic nitrogens is 2. The van der Waals surface area contributed by atoms with Crippen LogP contribution in [0.3, 0.4) is 0 Å². The Morgan fingerprint density at radius 3 is 2.64 bits per heavy atom. The summed E-state index contributed by atoms with van der Waals surface area (Å²) in [6.45, 7) is 1.94. The summed E-state index contributed by atoms with van der Waals surface area (Å²) in [5.41, 5.74) is 2.15. The largest absolute Gasteiger partial charge is 0.328 e. The fourth-order valence-corrected chi connectivity index (χ4v) is 3.55. The smallest absolute Gasteiger partial charge is 0.154 e. The molecule has 0 unspecified atom stereocenters. The van der Waals surface area contributed by atoms with Gasteiger partial charge in [-0.2, -0.15) is 0 Å². The molecule has 0 aliphatic heterocycles. The lowest BCUT2D eigenvalue weighted by atomic mass is 10.1. The van der Waals surface area contributed by atoms with Gasteiger partial charge in [-0.15, -0.1) is 11.3 Å². The monoisotopic (exact) mass is 305 g/mol. The second kappa shape index (κ2) is 5.07. The molecule has 0 atom stereocenters. The summed E-state index contributed by atoms with van der Waals surface area (Å²) in [5, 5.41) is 4.55. The minimum absolute atomic E-state index is 0.800. The summed E-state index contributed by atoms with van der Waals surface area (Å²) in [5.74, 6) is 1.77. The van der Waals surface area contributed by atoms with E-state index in [1.54, 1.807) is 11.3 Å². The first-order valence-corrected chi connectivity index (χ1v) is 8.05. The number of rotatable bonds is 2. The lowest BCUT2D eigenvalue weighted by molar-refractivity contribution is 1.05. The molecule has 22 heavy (non-hydrogen) atoms. The summed E-state index contributed by atoms with van der Waals surface area (Å²) < 4.78 is 1.13. The Morgan fingerprint density at radius 2 is 1.77 bits per heavy atom. The van der Waals surface area contributed by atoms with Crippen molar-refractivity contribution in [2.75, 3.05) is 11.9 Å². The molecule has 0 saturated carbocycles. The highest BCUT2D eigenvalue weighted by atomic mass is 32.1. The van der Waals surface area contributed by atoms with Crippen LogP contribution in [0, 0.1) is 6.92 Å². The van der Waals surface area contributed by atoms with Gasteiger partial charge in [-0.25, -0.2) is 9.97 Å². The molecule has 0 bridgehead atoms. The van der Waals surface area contributed by atoms with Gasteiger partial charge in [-0.3, -0.25) is 0 Å². The molecule has 2 aromatic carbocycles. The lowest BCUT2D eigenvalue weighted by Crippen LogP contribution is -2.12. The Balaban J connectivity index is 1.87. The quantitative estimate of drug-likeness (QED) is 0.526. The van der Waals surface area contributed by atoms with Crippen LogP contribution < -0.4 is 4.90 Å². The van der Waals surface area contributed by atoms with Crippen LogP contribution in [0.2, 0.25) is 0 Å². The van der Waals surface area contributed by atoms with Gasteiger partial charge >= 0.3 is 0 Å². The van der Waals surface area contributed by atoms with Gasteiger partial charge in [-0.1, -0.05) is 30.3 Å².